The summed E-state index contributed by atoms with van der Waals surface area (Å²) in [7, 11) is 1.42. The minimum absolute atomic E-state index is 0. The van der Waals surface area contributed by atoms with Crippen molar-refractivity contribution in [3.05, 3.63) is 34.9 Å². The van der Waals surface area contributed by atoms with Crippen molar-refractivity contribution in [2.75, 3.05) is 13.7 Å². The number of quaternary nitrogens is 2. The SMILES string of the molecule is C=CC1C2CC3[NH2+]C(CC4[N-]C5C(C(=O)[C@@H](C(=O)OC)C5C5[NH2+]C(CC([N-]2)C1C)[C@@H](C)[C@@H]5CCC(=O)OC/C=C(\C)CCC[C@H](C)CCC[C@H](C)CCCC(C)C)C4C)C(CC)C3C.[Mg+2]. The molecule has 364 valence electrons. The van der Waals surface area contributed by atoms with Crippen molar-refractivity contribution >= 4 is 40.8 Å². The van der Waals surface area contributed by atoms with Gasteiger partial charge < -0.3 is 30.7 Å². The first kappa shape index (κ1) is 54.6. The van der Waals surface area contributed by atoms with E-state index < -0.39 is 11.9 Å². The van der Waals surface area contributed by atoms with Crippen molar-refractivity contribution in [3.8, 4) is 0 Å². The number of fused-ring (bicyclic) bond motifs is 8. The molecule has 6 aliphatic rings. The molecule has 0 aromatic carbocycles. The van der Waals surface area contributed by atoms with Crippen LogP contribution in [0, 0.1) is 76.9 Å². The third-order valence-electron chi connectivity index (χ3n) is 18.8. The summed E-state index contributed by atoms with van der Waals surface area (Å²) in [5, 5.41) is 16.4. The predicted molar refractivity (Wildman–Crippen MR) is 264 cm³/mol. The molecule has 5 aliphatic heterocycles. The number of esters is 2. The van der Waals surface area contributed by atoms with Gasteiger partial charge in [0.15, 0.2) is 0 Å². The molecule has 0 radical (unpaired) electrons. The fourth-order valence-corrected chi connectivity index (χ4v) is 14.7. The Morgan fingerprint density at radius 3 is 2.03 bits per heavy atom. The maximum Gasteiger partial charge on any atom is 2.00 e. The van der Waals surface area contributed by atoms with Crippen LogP contribution in [0.2, 0.25) is 0 Å². The second-order valence-electron chi connectivity index (χ2n) is 23.3. The molecule has 15 unspecified atom stereocenters. The van der Waals surface area contributed by atoms with Crippen molar-refractivity contribution in [1.29, 1.82) is 0 Å². The Morgan fingerprint density at radius 2 is 1.38 bits per heavy atom. The average Bonchev–Trinajstić information content (AvgIpc) is 3.99. The zero-order valence-electron chi connectivity index (χ0n) is 43.1. The van der Waals surface area contributed by atoms with E-state index in [1.165, 1.54) is 64.0 Å². The molecule has 9 nitrogen and oxygen atoms in total. The van der Waals surface area contributed by atoms with Crippen molar-refractivity contribution in [1.82, 2.24) is 0 Å². The number of rotatable bonds is 20. The Balaban J connectivity index is 0.00000793. The van der Waals surface area contributed by atoms with Gasteiger partial charge >= 0.3 is 35.0 Å². The Labute approximate surface area is 412 Å². The Kier molecular flexibility index (Phi) is 21.0. The summed E-state index contributed by atoms with van der Waals surface area (Å²) in [6.45, 7) is 28.0. The number of Topliss-reactive ketones (excluding diaryl/α,β-unsaturated/α-hetero) is 1. The number of nitrogens with two attached hydrogens (primary N) is 2. The molecule has 5 saturated heterocycles. The second kappa shape index (κ2) is 25.0. The molecule has 1 aliphatic carbocycles. The van der Waals surface area contributed by atoms with Gasteiger partial charge in [0.25, 0.3) is 0 Å². The summed E-state index contributed by atoms with van der Waals surface area (Å²) in [4.78, 5) is 41.9. The minimum atomic E-state index is -0.827. The van der Waals surface area contributed by atoms with E-state index in [1.807, 2.05) is 0 Å². The van der Waals surface area contributed by atoms with E-state index in [2.05, 4.69) is 98.6 Å². The van der Waals surface area contributed by atoms with Crippen molar-refractivity contribution in [2.24, 2.45) is 76.9 Å². The molecule has 0 aromatic heterocycles. The van der Waals surface area contributed by atoms with Crippen LogP contribution in [0.5, 0.6) is 0 Å². The van der Waals surface area contributed by atoms with Gasteiger partial charge in [-0.05, 0) is 81.6 Å². The molecular weight excluding hydrogens is 821 g/mol. The summed E-state index contributed by atoms with van der Waals surface area (Å²) in [6.07, 6.45) is 20.9. The second-order valence-corrected chi connectivity index (χ2v) is 23.3. The van der Waals surface area contributed by atoms with Crippen LogP contribution in [-0.4, -0.2) is 103 Å². The molecule has 1 saturated carbocycles. The van der Waals surface area contributed by atoms with E-state index in [0.29, 0.717) is 55.2 Å². The normalized spacial score (nSPS) is 39.9. The molecule has 0 spiro atoms. The number of carbonyl (C=O) groups is 3. The number of ketones is 1. The van der Waals surface area contributed by atoms with Gasteiger partial charge in [0.2, 0.25) is 0 Å². The first-order chi connectivity index (χ1) is 30.6. The van der Waals surface area contributed by atoms with Crippen LogP contribution in [0.25, 0.3) is 10.6 Å². The number of carbonyl (C=O) groups excluding carboxylic acids is 3. The zero-order chi connectivity index (χ0) is 46.4. The number of methoxy groups -OCH3 is 1. The summed E-state index contributed by atoms with van der Waals surface area (Å²) >= 11 is 0. The average molecular weight is 916 g/mol. The molecule has 0 aromatic rings. The third-order valence-corrected chi connectivity index (χ3v) is 18.8. The molecule has 4 N–H and O–H groups in total. The molecule has 20 atom stereocenters. The fraction of sp³-hybridized carbons (Fsp3) is 0.873. The van der Waals surface area contributed by atoms with E-state index in [9.17, 15) is 14.4 Å². The van der Waals surface area contributed by atoms with Gasteiger partial charge in [-0.25, -0.2) is 0 Å². The van der Waals surface area contributed by atoms with Crippen molar-refractivity contribution in [3.63, 3.8) is 0 Å². The zero-order valence-corrected chi connectivity index (χ0v) is 44.5. The van der Waals surface area contributed by atoms with Crippen LogP contribution in [0.15, 0.2) is 24.3 Å². The Bertz CT molecular complexity index is 1590. The molecule has 5 heterocycles. The minimum Gasteiger partial charge on any atom is -0.656 e. The molecule has 65 heavy (non-hydrogen) atoms. The summed E-state index contributed by atoms with van der Waals surface area (Å²) in [5.74, 6) is 2.87. The number of nitrogens with zero attached hydrogens (tertiary/aromatic N) is 2. The quantitative estimate of drug-likeness (QED) is 0.0545. The smallest absolute Gasteiger partial charge is 0.656 e. The largest absolute Gasteiger partial charge is 2.00 e. The van der Waals surface area contributed by atoms with Crippen LogP contribution >= 0.6 is 0 Å². The maximum absolute atomic E-state index is 14.6. The van der Waals surface area contributed by atoms with E-state index in [4.69, 9.17) is 20.1 Å². The fourth-order valence-electron chi connectivity index (χ4n) is 14.7. The number of hydrogen-bond donors (Lipinski definition) is 2. The molecule has 6 fully saturated rings. The maximum atomic E-state index is 14.6. The number of allylic oxidation sites excluding steroid dienone is 1. The van der Waals surface area contributed by atoms with Gasteiger partial charge in [0, 0.05) is 41.9 Å². The summed E-state index contributed by atoms with van der Waals surface area (Å²) in [5.41, 5.74) is 1.29. The molecular formula is C55H94MgN4O5+2. The predicted octanol–water partition coefficient (Wildman–Crippen LogP) is 8.97. The topological polar surface area (TPSA) is 131 Å². The number of ether oxygens (including phenoxy) is 2. The van der Waals surface area contributed by atoms with E-state index >= 15 is 0 Å². The summed E-state index contributed by atoms with van der Waals surface area (Å²) < 4.78 is 11.3. The van der Waals surface area contributed by atoms with Gasteiger partial charge in [-0.3, -0.25) is 14.4 Å². The molecule has 0 amide bonds. The monoisotopic (exact) mass is 915 g/mol. The van der Waals surface area contributed by atoms with Crippen LogP contribution in [0.1, 0.15) is 166 Å². The van der Waals surface area contributed by atoms with Crippen LogP contribution in [0.4, 0.5) is 0 Å². The Morgan fingerprint density at radius 1 is 0.785 bits per heavy atom. The van der Waals surface area contributed by atoms with Gasteiger partial charge in [-0.15, -0.1) is 30.7 Å². The van der Waals surface area contributed by atoms with Gasteiger partial charge in [0.1, 0.15) is 18.3 Å². The van der Waals surface area contributed by atoms with Gasteiger partial charge in [-0.2, -0.15) is 0 Å². The van der Waals surface area contributed by atoms with E-state index in [1.54, 1.807) is 0 Å². The summed E-state index contributed by atoms with van der Waals surface area (Å²) in [6, 6.07) is 1.55. The van der Waals surface area contributed by atoms with Crippen molar-refractivity contribution in [2.45, 2.75) is 214 Å². The third kappa shape index (κ3) is 12.9. The molecule has 6 rings (SSSR count). The first-order valence-corrected chi connectivity index (χ1v) is 26.7. The molecule has 10 heteroatoms. The first-order valence-electron chi connectivity index (χ1n) is 26.7. The van der Waals surface area contributed by atoms with Crippen molar-refractivity contribution < 1.29 is 34.5 Å². The molecule has 8 bridgehead atoms. The van der Waals surface area contributed by atoms with Crippen LogP contribution in [0.3, 0.4) is 0 Å². The van der Waals surface area contributed by atoms with Gasteiger partial charge in [0.05, 0.1) is 31.3 Å². The van der Waals surface area contributed by atoms with Crippen LogP contribution < -0.4 is 10.6 Å². The standard InChI is InChI=1S/C55H92N4O5.Mg/c1-13-39-35(8)42-28-44-37(10)41(24-25-48(60)64-27-26-34(7)23-17-22-33(6)21-16-20-32(5)19-15-18-31(3)4)52(58-44)50-51(55(62)63-12)54(61)49-38(11)45(59-53(49)50)30-47-40(14-2)36(9)43(57-47)29-46(39)56-42;/h13,26,31-33,35-47,49-53,57-58H,1,14-25,27-30H2,2-12H3;/q-2;+2/p+2/b34-26+;/t32-,33-,35?,36?,37+,38?,39?,40?,41+,42?,43?,44?,45?,46?,47?,49?,50?,51+,52?,53?;/m1./s1. The van der Waals surface area contributed by atoms with E-state index in [0.717, 1.165) is 49.9 Å². The van der Waals surface area contributed by atoms with E-state index in [-0.39, 0.29) is 101 Å². The van der Waals surface area contributed by atoms with Crippen LogP contribution in [-0.2, 0) is 23.9 Å². The Hall–Kier alpha value is -1.30. The number of hydrogen-bond acceptors (Lipinski definition) is 5. The van der Waals surface area contributed by atoms with Gasteiger partial charge in [-0.1, -0.05) is 131 Å².